The quantitative estimate of drug-likeness (QED) is 0.897. The summed E-state index contributed by atoms with van der Waals surface area (Å²) in [7, 11) is -3.46. The Kier molecular flexibility index (Phi) is 4.66. The van der Waals surface area contributed by atoms with Crippen LogP contribution in [0.15, 0.2) is 11.0 Å². The van der Waals surface area contributed by atoms with Crippen LogP contribution >= 0.6 is 11.3 Å². The molecule has 19 heavy (non-hydrogen) atoms. The highest BCUT2D eigenvalue weighted by Crippen LogP contribution is 2.29. The second-order valence-corrected chi connectivity index (χ2v) is 8.30. The number of hydrogen-bond donors (Lipinski definition) is 2. The van der Waals surface area contributed by atoms with E-state index in [0.29, 0.717) is 15.7 Å². The highest BCUT2D eigenvalue weighted by Gasteiger charge is 2.28. The van der Waals surface area contributed by atoms with Crippen LogP contribution < -0.4 is 4.72 Å². The summed E-state index contributed by atoms with van der Waals surface area (Å²) in [5, 5.41) is 9.10. The van der Waals surface area contributed by atoms with E-state index in [4.69, 9.17) is 5.11 Å². The van der Waals surface area contributed by atoms with E-state index >= 15 is 0 Å². The van der Waals surface area contributed by atoms with Gasteiger partial charge in [0.1, 0.15) is 0 Å². The largest absolute Gasteiger partial charge is 0.391 e. The number of thiophene rings is 1. The van der Waals surface area contributed by atoms with Crippen LogP contribution in [0.25, 0.3) is 0 Å². The van der Waals surface area contributed by atoms with E-state index in [1.807, 2.05) is 0 Å². The number of rotatable bonds is 4. The first-order valence-corrected chi connectivity index (χ1v) is 8.96. The molecule has 4 nitrogen and oxygen atoms in total. The Labute approximate surface area is 118 Å². The molecule has 1 aromatic rings. The maximum absolute atomic E-state index is 12.4. The molecule has 1 fully saturated rings. The number of nitrogens with one attached hydrogen (secondary N) is 1. The average molecular weight is 303 g/mol. The van der Waals surface area contributed by atoms with E-state index in [1.54, 1.807) is 13.0 Å². The van der Waals surface area contributed by atoms with Gasteiger partial charge in [-0.05, 0) is 31.7 Å². The second-order valence-electron chi connectivity index (χ2n) is 5.28. The number of aliphatic hydroxyl groups is 1. The van der Waals surface area contributed by atoms with E-state index in [9.17, 15) is 8.42 Å². The van der Waals surface area contributed by atoms with E-state index in [1.165, 1.54) is 17.8 Å². The highest BCUT2D eigenvalue weighted by atomic mass is 32.2. The summed E-state index contributed by atoms with van der Waals surface area (Å²) in [6.07, 6.45) is 4.27. The van der Waals surface area contributed by atoms with Gasteiger partial charge in [0.2, 0.25) is 10.0 Å². The SMILES string of the molecule is Cc1sc(CO)cc1S(=O)(=O)NC1CCCCC1C. The molecular formula is C13H21NO3S2. The number of hydrogen-bond acceptors (Lipinski definition) is 4. The van der Waals surface area contributed by atoms with Crippen LogP contribution in [-0.2, 0) is 16.6 Å². The topological polar surface area (TPSA) is 66.4 Å². The predicted molar refractivity (Wildman–Crippen MR) is 76.7 cm³/mol. The Morgan fingerprint density at radius 2 is 2.11 bits per heavy atom. The van der Waals surface area contributed by atoms with Gasteiger partial charge in [0.25, 0.3) is 0 Å². The first-order chi connectivity index (χ1) is 8.94. The average Bonchev–Trinajstić information content (AvgIpc) is 2.74. The van der Waals surface area contributed by atoms with Gasteiger partial charge >= 0.3 is 0 Å². The fraction of sp³-hybridized carbons (Fsp3) is 0.692. The molecule has 1 aliphatic carbocycles. The minimum absolute atomic E-state index is 0.0376. The maximum atomic E-state index is 12.4. The highest BCUT2D eigenvalue weighted by molar-refractivity contribution is 7.89. The summed E-state index contributed by atoms with van der Waals surface area (Å²) in [6.45, 7) is 3.77. The second kappa shape index (κ2) is 5.91. The minimum atomic E-state index is -3.46. The maximum Gasteiger partial charge on any atom is 0.241 e. The molecule has 1 aromatic heterocycles. The third-order valence-corrected chi connectivity index (χ3v) is 6.57. The summed E-state index contributed by atoms with van der Waals surface area (Å²) in [5.41, 5.74) is 0. The molecule has 1 heterocycles. The van der Waals surface area contributed by atoms with Crippen LogP contribution in [0.2, 0.25) is 0 Å². The minimum Gasteiger partial charge on any atom is -0.391 e. The predicted octanol–water partition coefficient (Wildman–Crippen LogP) is 2.41. The molecular weight excluding hydrogens is 282 g/mol. The lowest BCUT2D eigenvalue weighted by Gasteiger charge is -2.29. The zero-order valence-corrected chi connectivity index (χ0v) is 13.0. The molecule has 0 spiro atoms. The van der Waals surface area contributed by atoms with Gasteiger partial charge in [-0.15, -0.1) is 11.3 Å². The molecule has 0 saturated heterocycles. The first-order valence-electron chi connectivity index (χ1n) is 6.66. The van der Waals surface area contributed by atoms with Crippen LogP contribution in [0.3, 0.4) is 0 Å². The monoisotopic (exact) mass is 303 g/mol. The Bertz CT molecular complexity index is 536. The molecule has 0 radical (unpaired) electrons. The lowest BCUT2D eigenvalue weighted by Crippen LogP contribution is -2.41. The summed E-state index contributed by atoms with van der Waals surface area (Å²) in [6, 6.07) is 1.62. The fourth-order valence-electron chi connectivity index (χ4n) is 2.62. The molecule has 1 aliphatic rings. The molecule has 2 rings (SSSR count). The third-order valence-electron chi connectivity index (χ3n) is 3.79. The van der Waals surface area contributed by atoms with Crippen LogP contribution in [0, 0.1) is 12.8 Å². The molecule has 1 saturated carbocycles. The lowest BCUT2D eigenvalue weighted by atomic mass is 9.87. The number of aliphatic hydroxyl groups excluding tert-OH is 1. The van der Waals surface area contributed by atoms with Crippen LogP contribution in [-0.4, -0.2) is 19.6 Å². The van der Waals surface area contributed by atoms with Crippen molar-refractivity contribution >= 4 is 21.4 Å². The van der Waals surface area contributed by atoms with Gasteiger partial charge in [-0.1, -0.05) is 19.8 Å². The first kappa shape index (κ1) is 15.0. The Morgan fingerprint density at radius 1 is 1.42 bits per heavy atom. The zero-order chi connectivity index (χ0) is 14.0. The Hall–Kier alpha value is -0.430. The van der Waals surface area contributed by atoms with Crippen LogP contribution in [0.1, 0.15) is 42.4 Å². The lowest BCUT2D eigenvalue weighted by molar-refractivity contribution is 0.285. The standard InChI is InChI=1S/C13H21NO3S2/c1-9-5-3-4-6-12(9)14-19(16,17)13-7-11(8-15)18-10(13)2/h7,9,12,14-15H,3-6,8H2,1-2H3. The van der Waals surface area contributed by atoms with Gasteiger partial charge in [0, 0.05) is 15.8 Å². The normalized spacial score (nSPS) is 24.6. The van der Waals surface area contributed by atoms with Crippen LogP contribution in [0.4, 0.5) is 0 Å². The van der Waals surface area contributed by atoms with Gasteiger partial charge in [0.15, 0.2) is 0 Å². The smallest absolute Gasteiger partial charge is 0.241 e. The van der Waals surface area contributed by atoms with Crippen molar-refractivity contribution in [3.63, 3.8) is 0 Å². The summed E-state index contributed by atoms with van der Waals surface area (Å²) >= 11 is 1.33. The molecule has 0 bridgehead atoms. The van der Waals surface area contributed by atoms with E-state index in [0.717, 1.165) is 24.1 Å². The van der Waals surface area contributed by atoms with Gasteiger partial charge in [0.05, 0.1) is 11.5 Å². The van der Waals surface area contributed by atoms with Crippen molar-refractivity contribution in [2.75, 3.05) is 0 Å². The number of aryl methyl sites for hydroxylation is 1. The molecule has 6 heteroatoms. The van der Waals surface area contributed by atoms with E-state index < -0.39 is 10.0 Å². The van der Waals surface area contributed by atoms with Crippen molar-refractivity contribution in [1.29, 1.82) is 0 Å². The Balaban J connectivity index is 2.19. The van der Waals surface area contributed by atoms with Crippen molar-refractivity contribution in [3.8, 4) is 0 Å². The number of sulfonamides is 1. The molecule has 0 aliphatic heterocycles. The summed E-state index contributed by atoms with van der Waals surface area (Å²) in [5.74, 6) is 0.389. The summed E-state index contributed by atoms with van der Waals surface area (Å²) in [4.78, 5) is 1.74. The molecule has 2 unspecified atom stereocenters. The molecule has 2 atom stereocenters. The fourth-order valence-corrected chi connectivity index (χ4v) is 5.50. The van der Waals surface area contributed by atoms with Crippen molar-refractivity contribution in [1.82, 2.24) is 4.72 Å². The summed E-state index contributed by atoms with van der Waals surface area (Å²) < 4.78 is 27.7. The molecule has 0 amide bonds. The Morgan fingerprint density at radius 3 is 2.68 bits per heavy atom. The van der Waals surface area contributed by atoms with Gasteiger partial charge in [-0.2, -0.15) is 0 Å². The van der Waals surface area contributed by atoms with Crippen LogP contribution in [0.5, 0.6) is 0 Å². The van der Waals surface area contributed by atoms with Gasteiger partial charge < -0.3 is 5.11 Å². The van der Waals surface area contributed by atoms with Gasteiger partial charge in [-0.25, -0.2) is 13.1 Å². The molecule has 2 N–H and O–H groups in total. The van der Waals surface area contributed by atoms with Crippen molar-refractivity contribution in [3.05, 3.63) is 15.8 Å². The van der Waals surface area contributed by atoms with Crippen molar-refractivity contribution in [2.24, 2.45) is 5.92 Å². The van der Waals surface area contributed by atoms with Crippen molar-refractivity contribution in [2.45, 2.75) is 57.1 Å². The molecule has 108 valence electrons. The zero-order valence-electron chi connectivity index (χ0n) is 11.3. The third kappa shape index (κ3) is 3.37. The molecule has 0 aromatic carbocycles. The van der Waals surface area contributed by atoms with E-state index in [2.05, 4.69) is 11.6 Å². The van der Waals surface area contributed by atoms with Crippen molar-refractivity contribution < 1.29 is 13.5 Å². The van der Waals surface area contributed by atoms with Gasteiger partial charge in [-0.3, -0.25) is 0 Å². The van der Waals surface area contributed by atoms with E-state index in [-0.39, 0.29) is 12.6 Å².